The number of allylic oxidation sites excluding steroid dienone is 1. The molecular formula is C14H13NO2. The Morgan fingerprint density at radius 2 is 1.94 bits per heavy atom. The van der Waals surface area contributed by atoms with E-state index in [2.05, 4.69) is 0 Å². The Bertz CT molecular complexity index is 504. The van der Waals surface area contributed by atoms with Crippen molar-refractivity contribution < 1.29 is 9.59 Å². The van der Waals surface area contributed by atoms with Gasteiger partial charge in [-0.1, -0.05) is 36.4 Å². The Morgan fingerprint density at radius 3 is 2.65 bits per heavy atom. The van der Waals surface area contributed by atoms with Gasteiger partial charge in [-0.05, 0) is 18.4 Å². The summed E-state index contributed by atoms with van der Waals surface area (Å²) in [7, 11) is 0. The van der Waals surface area contributed by atoms with Gasteiger partial charge in [0.15, 0.2) is 0 Å². The number of rotatable bonds is 2. The molecule has 0 radical (unpaired) electrons. The Balaban J connectivity index is 1.85. The SMILES string of the molecule is O=C1C2=CCC[C@H]2C(=O)N1Cc1ccccc1. The zero-order chi connectivity index (χ0) is 11.8. The van der Waals surface area contributed by atoms with Crippen LogP contribution in [0.4, 0.5) is 0 Å². The van der Waals surface area contributed by atoms with Gasteiger partial charge in [-0.15, -0.1) is 0 Å². The van der Waals surface area contributed by atoms with Gasteiger partial charge < -0.3 is 0 Å². The van der Waals surface area contributed by atoms with Crippen LogP contribution < -0.4 is 0 Å². The van der Waals surface area contributed by atoms with Gasteiger partial charge in [0.2, 0.25) is 5.91 Å². The summed E-state index contributed by atoms with van der Waals surface area (Å²) in [4.78, 5) is 25.5. The maximum absolute atomic E-state index is 12.1. The summed E-state index contributed by atoms with van der Waals surface area (Å²) in [6.45, 7) is 0.395. The molecule has 1 atom stereocenters. The van der Waals surface area contributed by atoms with Crippen LogP contribution in [-0.2, 0) is 16.1 Å². The van der Waals surface area contributed by atoms with Crippen LogP contribution in [0.1, 0.15) is 18.4 Å². The third-order valence-electron chi connectivity index (χ3n) is 3.43. The van der Waals surface area contributed by atoms with Crippen LogP contribution in [0, 0.1) is 5.92 Å². The topological polar surface area (TPSA) is 37.4 Å². The minimum absolute atomic E-state index is 0.0254. The molecule has 0 spiro atoms. The van der Waals surface area contributed by atoms with E-state index in [1.807, 2.05) is 36.4 Å². The molecule has 2 aliphatic rings. The number of carbonyl (C=O) groups is 2. The lowest BCUT2D eigenvalue weighted by Crippen LogP contribution is -2.30. The van der Waals surface area contributed by atoms with Crippen LogP contribution in [0.5, 0.6) is 0 Å². The third kappa shape index (κ3) is 1.58. The first-order valence-electron chi connectivity index (χ1n) is 5.87. The molecule has 1 saturated heterocycles. The van der Waals surface area contributed by atoms with Crippen molar-refractivity contribution in [2.24, 2.45) is 5.92 Å². The molecule has 0 aromatic heterocycles. The number of likely N-dealkylation sites (tertiary alicyclic amines) is 1. The molecule has 1 aliphatic heterocycles. The lowest BCUT2D eigenvalue weighted by molar-refractivity contribution is -0.139. The van der Waals surface area contributed by atoms with E-state index >= 15 is 0 Å². The third-order valence-corrected chi connectivity index (χ3v) is 3.43. The predicted octanol–water partition coefficient (Wildman–Crippen LogP) is 1.89. The first-order chi connectivity index (χ1) is 8.27. The van der Waals surface area contributed by atoms with Crippen LogP contribution in [0.2, 0.25) is 0 Å². The average Bonchev–Trinajstić information content (AvgIpc) is 2.91. The van der Waals surface area contributed by atoms with E-state index in [9.17, 15) is 9.59 Å². The lowest BCUT2D eigenvalue weighted by Gasteiger charge is -2.14. The van der Waals surface area contributed by atoms with E-state index in [0.717, 1.165) is 18.4 Å². The van der Waals surface area contributed by atoms with Gasteiger partial charge in [-0.3, -0.25) is 14.5 Å². The van der Waals surface area contributed by atoms with Gasteiger partial charge in [0, 0.05) is 5.57 Å². The Kier molecular flexibility index (Phi) is 2.32. The minimum Gasteiger partial charge on any atom is -0.274 e. The summed E-state index contributed by atoms with van der Waals surface area (Å²) in [6.07, 6.45) is 3.57. The van der Waals surface area contributed by atoms with Gasteiger partial charge in [0.25, 0.3) is 5.91 Å². The molecule has 3 nitrogen and oxygen atoms in total. The van der Waals surface area contributed by atoms with E-state index in [1.165, 1.54) is 4.90 Å². The normalized spacial score (nSPS) is 22.9. The molecule has 3 heteroatoms. The quantitative estimate of drug-likeness (QED) is 0.723. The van der Waals surface area contributed by atoms with Gasteiger partial charge in [0.1, 0.15) is 0 Å². The van der Waals surface area contributed by atoms with Gasteiger partial charge in [-0.2, -0.15) is 0 Å². The largest absolute Gasteiger partial charge is 0.274 e. The molecule has 0 unspecified atom stereocenters. The number of hydrogen-bond acceptors (Lipinski definition) is 2. The number of benzene rings is 1. The highest BCUT2D eigenvalue weighted by atomic mass is 16.2. The Labute approximate surface area is 99.7 Å². The van der Waals surface area contributed by atoms with Crippen LogP contribution in [0.25, 0.3) is 0 Å². The fourth-order valence-corrected chi connectivity index (χ4v) is 2.56. The van der Waals surface area contributed by atoms with Crippen LogP contribution >= 0.6 is 0 Å². The summed E-state index contributed by atoms with van der Waals surface area (Å²) < 4.78 is 0. The molecule has 1 heterocycles. The highest BCUT2D eigenvalue weighted by Crippen LogP contribution is 2.35. The summed E-state index contributed by atoms with van der Waals surface area (Å²) in [5, 5.41) is 0. The second kappa shape index (κ2) is 3.84. The van der Waals surface area contributed by atoms with Crippen molar-refractivity contribution in [1.82, 2.24) is 4.90 Å². The molecule has 1 aromatic rings. The van der Waals surface area contributed by atoms with Crippen molar-refractivity contribution >= 4 is 11.8 Å². The molecule has 3 rings (SSSR count). The van der Waals surface area contributed by atoms with E-state index in [0.29, 0.717) is 12.1 Å². The smallest absolute Gasteiger partial charge is 0.257 e. The predicted molar refractivity (Wildman–Crippen MR) is 62.8 cm³/mol. The highest BCUT2D eigenvalue weighted by molar-refractivity contribution is 6.15. The molecule has 1 aromatic carbocycles. The number of amides is 2. The zero-order valence-electron chi connectivity index (χ0n) is 9.43. The van der Waals surface area contributed by atoms with Gasteiger partial charge >= 0.3 is 0 Å². The second-order valence-corrected chi connectivity index (χ2v) is 4.50. The van der Waals surface area contributed by atoms with Gasteiger partial charge in [-0.25, -0.2) is 0 Å². The molecule has 0 saturated carbocycles. The fraction of sp³-hybridized carbons (Fsp3) is 0.286. The van der Waals surface area contributed by atoms with Crippen molar-refractivity contribution in [2.45, 2.75) is 19.4 Å². The summed E-state index contributed by atoms with van der Waals surface area (Å²) in [5.41, 5.74) is 1.71. The van der Waals surface area contributed by atoms with E-state index in [1.54, 1.807) is 0 Å². The molecule has 1 fully saturated rings. The molecule has 17 heavy (non-hydrogen) atoms. The van der Waals surface area contributed by atoms with Crippen molar-refractivity contribution in [3.63, 3.8) is 0 Å². The van der Waals surface area contributed by atoms with Crippen LogP contribution in [0.15, 0.2) is 42.0 Å². The molecule has 1 aliphatic carbocycles. The standard InChI is InChI=1S/C14H13NO2/c16-13-11-7-4-8-12(11)14(17)15(13)9-10-5-2-1-3-6-10/h1-3,5-7,12H,4,8-9H2/t12-/m1/s1. The monoisotopic (exact) mass is 227 g/mol. The van der Waals surface area contributed by atoms with E-state index in [4.69, 9.17) is 0 Å². The maximum Gasteiger partial charge on any atom is 0.257 e. The van der Waals surface area contributed by atoms with Crippen LogP contribution in [-0.4, -0.2) is 16.7 Å². The highest BCUT2D eigenvalue weighted by Gasteiger charge is 2.44. The van der Waals surface area contributed by atoms with Crippen LogP contribution in [0.3, 0.4) is 0 Å². The first kappa shape index (κ1) is 10.3. The number of nitrogens with zero attached hydrogens (tertiary/aromatic N) is 1. The molecule has 0 N–H and O–H groups in total. The van der Waals surface area contributed by atoms with Crippen molar-refractivity contribution in [2.75, 3.05) is 0 Å². The molecular weight excluding hydrogens is 214 g/mol. The zero-order valence-corrected chi connectivity index (χ0v) is 9.43. The molecule has 2 amide bonds. The average molecular weight is 227 g/mol. The minimum atomic E-state index is -0.161. The first-order valence-corrected chi connectivity index (χ1v) is 5.87. The van der Waals surface area contributed by atoms with Crippen molar-refractivity contribution in [3.05, 3.63) is 47.5 Å². The summed E-state index contributed by atoms with van der Waals surface area (Å²) in [5.74, 6) is -0.282. The fourth-order valence-electron chi connectivity index (χ4n) is 2.56. The van der Waals surface area contributed by atoms with Crippen molar-refractivity contribution in [3.8, 4) is 0 Å². The Hall–Kier alpha value is -1.90. The number of hydrogen-bond donors (Lipinski definition) is 0. The summed E-state index contributed by atoms with van der Waals surface area (Å²) in [6, 6.07) is 9.63. The number of fused-ring (bicyclic) bond motifs is 1. The lowest BCUT2D eigenvalue weighted by atomic mass is 10.1. The summed E-state index contributed by atoms with van der Waals surface area (Å²) >= 11 is 0. The van der Waals surface area contributed by atoms with E-state index in [-0.39, 0.29) is 17.7 Å². The maximum atomic E-state index is 12.1. The van der Waals surface area contributed by atoms with Crippen molar-refractivity contribution in [1.29, 1.82) is 0 Å². The Morgan fingerprint density at radius 1 is 1.18 bits per heavy atom. The number of carbonyl (C=O) groups excluding carboxylic acids is 2. The molecule has 0 bridgehead atoms. The number of imide groups is 1. The van der Waals surface area contributed by atoms with Gasteiger partial charge in [0.05, 0.1) is 12.5 Å². The second-order valence-electron chi connectivity index (χ2n) is 4.50. The molecule has 86 valence electrons. The van der Waals surface area contributed by atoms with E-state index < -0.39 is 0 Å².